The monoisotopic (exact) mass is 267 g/mol. The van der Waals surface area contributed by atoms with Crippen LogP contribution < -0.4 is 5.73 Å². The normalized spacial score (nSPS) is 13.2. The summed E-state index contributed by atoms with van der Waals surface area (Å²) in [7, 11) is 1.64. The summed E-state index contributed by atoms with van der Waals surface area (Å²) in [4.78, 5) is 5.49. The molecule has 2 N–H and O–H groups in total. The first kappa shape index (κ1) is 13.0. The van der Waals surface area contributed by atoms with Gasteiger partial charge in [-0.2, -0.15) is 4.98 Å². The number of hydrogen-bond acceptors (Lipinski definition) is 6. The Kier molecular flexibility index (Phi) is 3.68. The zero-order valence-corrected chi connectivity index (χ0v) is 11.7. The van der Waals surface area contributed by atoms with Gasteiger partial charge < -0.3 is 15.0 Å². The molecule has 0 saturated heterocycles. The van der Waals surface area contributed by atoms with Gasteiger partial charge in [-0.15, -0.1) is 11.3 Å². The summed E-state index contributed by atoms with van der Waals surface area (Å²) in [5.41, 5.74) is 6.71. The second kappa shape index (κ2) is 5.07. The van der Waals surface area contributed by atoms with Crippen molar-refractivity contribution in [3.05, 3.63) is 16.8 Å². The van der Waals surface area contributed by atoms with Crippen LogP contribution in [0, 0.1) is 12.8 Å². The zero-order chi connectivity index (χ0) is 13.3. The number of anilines is 1. The highest BCUT2D eigenvalue weighted by atomic mass is 32.1. The van der Waals surface area contributed by atoms with E-state index in [0.29, 0.717) is 16.7 Å². The molecule has 0 saturated carbocycles. The molecule has 1 unspecified atom stereocenters. The standard InChI is InChI=1S/C12H17N3O2S/c1-6(2)9(16-4)11-14-12(17-15-11)8-5-7(3)18-10(8)13/h5-6,9H,13H2,1-4H3. The van der Waals surface area contributed by atoms with E-state index < -0.39 is 0 Å². The van der Waals surface area contributed by atoms with Crippen LogP contribution in [0.1, 0.15) is 30.7 Å². The van der Waals surface area contributed by atoms with Gasteiger partial charge in [0.2, 0.25) is 5.82 Å². The summed E-state index contributed by atoms with van der Waals surface area (Å²) in [5, 5.41) is 4.67. The van der Waals surface area contributed by atoms with Crippen molar-refractivity contribution in [1.82, 2.24) is 10.1 Å². The molecular formula is C12H17N3O2S. The number of ether oxygens (including phenoxy) is 1. The Balaban J connectivity index is 2.33. The summed E-state index contributed by atoms with van der Waals surface area (Å²) >= 11 is 1.51. The number of rotatable bonds is 4. The predicted octanol–water partition coefficient (Wildman–Crippen LogP) is 3.03. The number of methoxy groups -OCH3 is 1. The molecule has 0 bridgehead atoms. The van der Waals surface area contributed by atoms with Crippen molar-refractivity contribution < 1.29 is 9.26 Å². The number of hydrogen-bond donors (Lipinski definition) is 1. The van der Waals surface area contributed by atoms with E-state index in [-0.39, 0.29) is 12.0 Å². The first-order valence-electron chi connectivity index (χ1n) is 5.75. The lowest BCUT2D eigenvalue weighted by atomic mass is 10.1. The van der Waals surface area contributed by atoms with Crippen LogP contribution in [0.3, 0.4) is 0 Å². The Bertz CT molecular complexity index is 533. The first-order valence-corrected chi connectivity index (χ1v) is 6.57. The molecule has 0 aliphatic heterocycles. The van der Waals surface area contributed by atoms with Crippen LogP contribution in [0.4, 0.5) is 5.00 Å². The average molecular weight is 267 g/mol. The Hall–Kier alpha value is -1.40. The van der Waals surface area contributed by atoms with Gasteiger partial charge in [0.25, 0.3) is 5.89 Å². The molecule has 2 aromatic rings. The molecular weight excluding hydrogens is 250 g/mol. The fourth-order valence-corrected chi connectivity index (χ4v) is 2.61. The van der Waals surface area contributed by atoms with Crippen LogP contribution in [0.25, 0.3) is 11.5 Å². The van der Waals surface area contributed by atoms with E-state index in [1.807, 2.05) is 26.8 Å². The summed E-state index contributed by atoms with van der Waals surface area (Å²) in [6, 6.07) is 1.95. The van der Waals surface area contributed by atoms with Crippen LogP contribution in [-0.2, 0) is 4.74 Å². The number of nitrogens with zero attached hydrogens (tertiary/aromatic N) is 2. The highest BCUT2D eigenvalue weighted by Gasteiger charge is 2.22. The highest BCUT2D eigenvalue weighted by molar-refractivity contribution is 7.16. The molecule has 0 aliphatic carbocycles. The summed E-state index contributed by atoms with van der Waals surface area (Å²) in [6.45, 7) is 6.09. The van der Waals surface area contributed by atoms with Crippen molar-refractivity contribution in [2.24, 2.45) is 5.92 Å². The zero-order valence-electron chi connectivity index (χ0n) is 10.9. The van der Waals surface area contributed by atoms with Gasteiger partial charge in [0.05, 0.1) is 10.6 Å². The minimum absolute atomic E-state index is 0.163. The van der Waals surface area contributed by atoms with Crippen molar-refractivity contribution in [3.8, 4) is 11.5 Å². The number of aromatic nitrogens is 2. The second-order valence-corrected chi connectivity index (χ2v) is 5.78. The Morgan fingerprint density at radius 2 is 2.17 bits per heavy atom. The smallest absolute Gasteiger partial charge is 0.261 e. The largest absolute Gasteiger partial charge is 0.390 e. The van der Waals surface area contributed by atoms with Crippen molar-refractivity contribution in [2.45, 2.75) is 26.9 Å². The Morgan fingerprint density at radius 1 is 1.44 bits per heavy atom. The van der Waals surface area contributed by atoms with Crippen LogP contribution in [-0.4, -0.2) is 17.3 Å². The SMILES string of the molecule is COC(c1noc(-c2cc(C)sc2N)n1)C(C)C. The predicted molar refractivity (Wildman–Crippen MR) is 71.3 cm³/mol. The summed E-state index contributed by atoms with van der Waals surface area (Å²) < 4.78 is 10.6. The van der Waals surface area contributed by atoms with Crippen molar-refractivity contribution in [3.63, 3.8) is 0 Å². The fourth-order valence-electron chi connectivity index (χ4n) is 1.83. The highest BCUT2D eigenvalue weighted by Crippen LogP contribution is 2.33. The maximum Gasteiger partial charge on any atom is 0.261 e. The van der Waals surface area contributed by atoms with E-state index in [0.717, 1.165) is 10.4 Å². The summed E-state index contributed by atoms with van der Waals surface area (Å²) in [6.07, 6.45) is -0.163. The lowest BCUT2D eigenvalue weighted by Gasteiger charge is -2.14. The molecule has 2 heterocycles. The summed E-state index contributed by atoms with van der Waals surface area (Å²) in [5.74, 6) is 1.29. The molecule has 0 fully saturated rings. The molecule has 0 radical (unpaired) electrons. The van der Waals surface area contributed by atoms with Gasteiger partial charge in [0.1, 0.15) is 6.10 Å². The Morgan fingerprint density at radius 3 is 2.67 bits per heavy atom. The van der Waals surface area contributed by atoms with Gasteiger partial charge in [0.15, 0.2) is 0 Å². The van der Waals surface area contributed by atoms with E-state index in [2.05, 4.69) is 10.1 Å². The van der Waals surface area contributed by atoms with E-state index >= 15 is 0 Å². The van der Waals surface area contributed by atoms with Gasteiger partial charge in [-0.25, -0.2) is 0 Å². The van der Waals surface area contributed by atoms with Crippen LogP contribution >= 0.6 is 11.3 Å². The van der Waals surface area contributed by atoms with Gasteiger partial charge >= 0.3 is 0 Å². The molecule has 2 rings (SSSR count). The third kappa shape index (κ3) is 2.39. The lowest BCUT2D eigenvalue weighted by molar-refractivity contribution is 0.0556. The fraction of sp³-hybridized carbons (Fsp3) is 0.500. The van der Waals surface area contributed by atoms with Gasteiger partial charge in [-0.1, -0.05) is 19.0 Å². The maximum absolute atomic E-state index is 5.91. The second-order valence-electron chi connectivity index (χ2n) is 4.49. The number of thiophene rings is 1. The first-order chi connectivity index (χ1) is 8.52. The topological polar surface area (TPSA) is 74.2 Å². The van der Waals surface area contributed by atoms with Gasteiger partial charge in [-0.3, -0.25) is 0 Å². The van der Waals surface area contributed by atoms with Gasteiger partial charge in [0, 0.05) is 12.0 Å². The molecule has 0 aromatic carbocycles. The van der Waals surface area contributed by atoms with E-state index in [1.165, 1.54) is 11.3 Å². The number of nitrogens with two attached hydrogens (primary N) is 1. The molecule has 2 aromatic heterocycles. The Labute approximate surface area is 110 Å². The molecule has 0 amide bonds. The number of aryl methyl sites for hydroxylation is 1. The minimum Gasteiger partial charge on any atom is -0.390 e. The van der Waals surface area contributed by atoms with Crippen molar-refractivity contribution >= 4 is 16.3 Å². The molecule has 1 atom stereocenters. The van der Waals surface area contributed by atoms with Crippen molar-refractivity contribution in [1.29, 1.82) is 0 Å². The van der Waals surface area contributed by atoms with E-state index in [1.54, 1.807) is 7.11 Å². The third-order valence-electron chi connectivity index (χ3n) is 2.67. The van der Waals surface area contributed by atoms with Crippen molar-refractivity contribution in [2.75, 3.05) is 12.8 Å². The molecule has 5 nitrogen and oxygen atoms in total. The van der Waals surface area contributed by atoms with E-state index in [9.17, 15) is 0 Å². The van der Waals surface area contributed by atoms with Gasteiger partial charge in [-0.05, 0) is 18.9 Å². The molecule has 6 heteroatoms. The third-order valence-corrected chi connectivity index (χ3v) is 3.55. The molecule has 0 spiro atoms. The maximum atomic E-state index is 5.91. The molecule has 98 valence electrons. The lowest BCUT2D eigenvalue weighted by Crippen LogP contribution is -2.10. The van der Waals surface area contributed by atoms with Crippen LogP contribution in [0.2, 0.25) is 0 Å². The molecule has 0 aliphatic rings. The average Bonchev–Trinajstić information content (AvgIpc) is 2.86. The minimum atomic E-state index is -0.163. The molecule has 18 heavy (non-hydrogen) atoms. The van der Waals surface area contributed by atoms with Crippen LogP contribution in [0.5, 0.6) is 0 Å². The number of nitrogen functional groups attached to an aromatic ring is 1. The van der Waals surface area contributed by atoms with Crippen LogP contribution in [0.15, 0.2) is 10.6 Å². The quantitative estimate of drug-likeness (QED) is 0.921. The van der Waals surface area contributed by atoms with E-state index in [4.69, 9.17) is 15.0 Å².